The van der Waals surface area contributed by atoms with Gasteiger partial charge in [-0.1, -0.05) is 70.9 Å². The van der Waals surface area contributed by atoms with Crippen LogP contribution in [0.1, 0.15) is 5.56 Å². The summed E-state index contributed by atoms with van der Waals surface area (Å²) in [5, 5.41) is 7.36. The lowest BCUT2D eigenvalue weighted by molar-refractivity contribution is -0.113. The van der Waals surface area contributed by atoms with Crippen LogP contribution in [0, 0.1) is 6.92 Å². The largest absolute Gasteiger partial charge is 0.324 e. The van der Waals surface area contributed by atoms with Gasteiger partial charge in [0.25, 0.3) is 0 Å². The molecule has 2 aromatic heterocycles. The summed E-state index contributed by atoms with van der Waals surface area (Å²) in [6.45, 7) is 2.06. The second kappa shape index (κ2) is 8.71. The Morgan fingerprint density at radius 2 is 1.93 bits per heavy atom. The number of aromatic nitrogens is 2. The van der Waals surface area contributed by atoms with Crippen molar-refractivity contribution < 1.29 is 4.79 Å². The third kappa shape index (κ3) is 4.41. The van der Waals surface area contributed by atoms with Crippen LogP contribution in [0.2, 0.25) is 10.0 Å². The topological polar surface area (TPSA) is 54.9 Å². The van der Waals surface area contributed by atoms with Gasteiger partial charge >= 0.3 is 0 Å². The molecule has 146 valence electrons. The number of fused-ring (bicyclic) bond motifs is 1. The van der Waals surface area contributed by atoms with E-state index in [0.717, 1.165) is 26.4 Å². The van der Waals surface area contributed by atoms with Gasteiger partial charge in [0.2, 0.25) is 5.91 Å². The summed E-state index contributed by atoms with van der Waals surface area (Å²) in [5.41, 5.74) is 3.88. The third-order valence-corrected chi connectivity index (χ3v) is 6.96. The average molecular weight is 460 g/mol. The number of nitrogens with zero attached hydrogens (tertiary/aromatic N) is 2. The first-order valence-corrected chi connectivity index (χ1v) is 11.3. The molecule has 0 aliphatic heterocycles. The van der Waals surface area contributed by atoms with E-state index in [1.165, 1.54) is 23.7 Å². The van der Waals surface area contributed by atoms with Crippen molar-refractivity contribution in [2.75, 3.05) is 11.1 Å². The van der Waals surface area contributed by atoms with Gasteiger partial charge in [0, 0.05) is 10.9 Å². The first kappa shape index (κ1) is 20.2. The maximum Gasteiger partial charge on any atom is 0.234 e. The second-order valence-corrected chi connectivity index (χ2v) is 8.92. The molecule has 1 amide bonds. The number of nitrogens with one attached hydrogen (secondary N) is 1. The van der Waals surface area contributed by atoms with Crippen LogP contribution in [0.25, 0.3) is 21.3 Å². The molecule has 4 rings (SSSR count). The number of benzene rings is 2. The summed E-state index contributed by atoms with van der Waals surface area (Å²) in [7, 11) is 0. The number of halogens is 2. The smallest absolute Gasteiger partial charge is 0.234 e. The van der Waals surface area contributed by atoms with Crippen molar-refractivity contribution in [1.29, 1.82) is 0 Å². The summed E-state index contributed by atoms with van der Waals surface area (Å²) in [6.07, 6.45) is 1.53. The van der Waals surface area contributed by atoms with Crippen LogP contribution in [-0.2, 0) is 4.79 Å². The maximum atomic E-state index is 12.4. The minimum atomic E-state index is -0.182. The molecule has 4 nitrogen and oxygen atoms in total. The van der Waals surface area contributed by atoms with Gasteiger partial charge < -0.3 is 5.32 Å². The summed E-state index contributed by atoms with van der Waals surface area (Å²) in [6, 6.07) is 13.5. The molecule has 0 spiro atoms. The number of thiophene rings is 1. The number of anilines is 1. The van der Waals surface area contributed by atoms with Crippen molar-refractivity contribution in [3.8, 4) is 11.1 Å². The summed E-state index contributed by atoms with van der Waals surface area (Å²) < 4.78 is 0. The molecule has 0 saturated heterocycles. The number of rotatable bonds is 5. The molecule has 2 heterocycles. The van der Waals surface area contributed by atoms with Gasteiger partial charge in [-0.25, -0.2) is 9.97 Å². The van der Waals surface area contributed by atoms with E-state index < -0.39 is 0 Å². The number of thioether (sulfide) groups is 1. The summed E-state index contributed by atoms with van der Waals surface area (Å²) >= 11 is 15.1. The molecule has 0 fully saturated rings. The lowest BCUT2D eigenvalue weighted by Crippen LogP contribution is -2.14. The highest BCUT2D eigenvalue weighted by molar-refractivity contribution is 8.00. The Kier molecular flexibility index (Phi) is 6.06. The number of hydrogen-bond acceptors (Lipinski definition) is 5. The molecule has 0 aliphatic carbocycles. The fraction of sp³-hybridized carbons (Fsp3) is 0.0952. The van der Waals surface area contributed by atoms with Gasteiger partial charge in [-0.2, -0.15) is 0 Å². The lowest BCUT2D eigenvalue weighted by atomic mass is 10.1. The zero-order valence-corrected chi connectivity index (χ0v) is 18.4. The van der Waals surface area contributed by atoms with E-state index in [-0.39, 0.29) is 11.7 Å². The number of carbonyl (C=O) groups is 1. The zero-order valence-electron chi connectivity index (χ0n) is 15.3. The predicted octanol–water partition coefficient (Wildman–Crippen LogP) is 6.70. The van der Waals surface area contributed by atoms with Gasteiger partial charge in [-0.15, -0.1) is 11.3 Å². The molecule has 0 bridgehead atoms. The molecule has 0 saturated carbocycles. The van der Waals surface area contributed by atoms with Crippen molar-refractivity contribution >= 4 is 68.1 Å². The second-order valence-electron chi connectivity index (χ2n) is 6.31. The van der Waals surface area contributed by atoms with Crippen molar-refractivity contribution in [3.63, 3.8) is 0 Å². The highest BCUT2D eigenvalue weighted by Gasteiger charge is 2.15. The van der Waals surface area contributed by atoms with E-state index in [1.54, 1.807) is 29.5 Å². The molecule has 0 radical (unpaired) electrons. The van der Waals surface area contributed by atoms with Crippen molar-refractivity contribution in [1.82, 2.24) is 9.97 Å². The minimum Gasteiger partial charge on any atom is -0.324 e. The number of amides is 1. The van der Waals surface area contributed by atoms with Crippen molar-refractivity contribution in [2.45, 2.75) is 11.9 Å². The molecule has 0 unspecified atom stereocenters. The van der Waals surface area contributed by atoms with Crippen LogP contribution in [0.4, 0.5) is 5.69 Å². The minimum absolute atomic E-state index is 0.182. The fourth-order valence-corrected chi connectivity index (χ4v) is 4.96. The van der Waals surface area contributed by atoms with E-state index in [4.69, 9.17) is 23.2 Å². The monoisotopic (exact) mass is 459 g/mol. The van der Waals surface area contributed by atoms with Crippen molar-refractivity contribution in [2.24, 2.45) is 0 Å². The van der Waals surface area contributed by atoms with E-state index in [0.29, 0.717) is 15.7 Å². The normalized spacial score (nSPS) is 11.0. The van der Waals surface area contributed by atoms with Gasteiger partial charge in [0.15, 0.2) is 0 Å². The average Bonchev–Trinajstić information content (AvgIpc) is 3.15. The zero-order chi connectivity index (χ0) is 20.4. The lowest BCUT2D eigenvalue weighted by Gasteiger charge is -2.09. The molecule has 1 N–H and O–H groups in total. The maximum absolute atomic E-state index is 12.4. The Labute approximate surface area is 186 Å². The molecule has 0 atom stereocenters. The molecule has 0 aliphatic rings. The molecule has 4 aromatic rings. The van der Waals surface area contributed by atoms with Gasteiger partial charge in [0.1, 0.15) is 16.2 Å². The fourth-order valence-electron chi connectivity index (χ4n) is 2.82. The van der Waals surface area contributed by atoms with Crippen molar-refractivity contribution in [3.05, 3.63) is 69.8 Å². The van der Waals surface area contributed by atoms with Gasteiger partial charge in [0.05, 0.1) is 26.9 Å². The summed E-state index contributed by atoms with van der Waals surface area (Å²) in [5.74, 6) is 0.0102. The quantitative estimate of drug-likeness (QED) is 0.266. The number of hydrogen-bond donors (Lipinski definition) is 1. The molecular formula is C21H15Cl2N3OS2. The van der Waals surface area contributed by atoms with E-state index in [1.807, 2.05) is 0 Å². The molecule has 2 aromatic carbocycles. The van der Waals surface area contributed by atoms with E-state index >= 15 is 0 Å². The Bertz CT molecular complexity index is 1190. The first-order chi connectivity index (χ1) is 14.0. The van der Waals surface area contributed by atoms with Gasteiger partial charge in [-0.05, 0) is 24.6 Å². The highest BCUT2D eigenvalue weighted by atomic mass is 35.5. The van der Waals surface area contributed by atoms with E-state index in [2.05, 4.69) is 51.9 Å². The molecule has 29 heavy (non-hydrogen) atoms. The third-order valence-electron chi connectivity index (χ3n) is 4.26. The Morgan fingerprint density at radius 3 is 2.72 bits per heavy atom. The van der Waals surface area contributed by atoms with Crippen LogP contribution in [-0.4, -0.2) is 21.6 Å². The van der Waals surface area contributed by atoms with Crippen LogP contribution in [0.3, 0.4) is 0 Å². The van der Waals surface area contributed by atoms with Crippen LogP contribution < -0.4 is 5.32 Å². The molecular weight excluding hydrogens is 445 g/mol. The van der Waals surface area contributed by atoms with Crippen LogP contribution in [0.5, 0.6) is 0 Å². The number of carbonyl (C=O) groups excluding carboxylic acids is 1. The Hall–Kier alpha value is -2.12. The Balaban J connectivity index is 1.56. The SMILES string of the molecule is Cc1ccc(-c2csc3ncnc(SCC(=O)Nc4cccc(Cl)c4Cl)c23)cc1. The standard InChI is InChI=1S/C21H15Cl2N3OS2/c1-12-5-7-13(8-6-12)14-9-28-20-18(14)21(25-11-24-20)29-10-17(27)26-16-4-2-3-15(22)19(16)23/h2-9,11H,10H2,1H3,(H,26,27). The molecule has 8 heteroatoms. The first-order valence-electron chi connectivity index (χ1n) is 8.69. The van der Waals surface area contributed by atoms with E-state index in [9.17, 15) is 4.79 Å². The predicted molar refractivity (Wildman–Crippen MR) is 123 cm³/mol. The van der Waals surface area contributed by atoms with Crippen LogP contribution in [0.15, 0.2) is 59.2 Å². The summed E-state index contributed by atoms with van der Waals surface area (Å²) in [4.78, 5) is 22.1. The highest BCUT2D eigenvalue weighted by Crippen LogP contribution is 2.38. The number of aryl methyl sites for hydroxylation is 1. The van der Waals surface area contributed by atoms with Gasteiger partial charge in [-0.3, -0.25) is 4.79 Å². The van der Waals surface area contributed by atoms with Crippen LogP contribution >= 0.6 is 46.3 Å². The Morgan fingerprint density at radius 1 is 1.14 bits per heavy atom.